The summed E-state index contributed by atoms with van der Waals surface area (Å²) in [6.07, 6.45) is 2.67. The van der Waals surface area contributed by atoms with E-state index in [0.717, 1.165) is 12.3 Å². The average Bonchev–Trinajstić information content (AvgIpc) is 2.33. The monoisotopic (exact) mass is 413 g/mol. The zero-order valence-corrected chi connectivity index (χ0v) is 14.1. The molecule has 5 nitrogen and oxygen atoms in total. The number of nitrogens with two attached hydrogens (primary N) is 1. The lowest BCUT2D eigenvalue weighted by Gasteiger charge is -2.05. The molecular weight excluding hydrogens is 396 g/mol. The van der Waals surface area contributed by atoms with Crippen molar-refractivity contribution >= 4 is 39.8 Å². The molecule has 0 aliphatic carbocycles. The number of hydrogen-bond acceptors (Lipinski definition) is 3. The van der Waals surface area contributed by atoms with Crippen molar-refractivity contribution in [2.45, 2.75) is 11.4 Å². The second-order valence-corrected chi connectivity index (χ2v) is 5.91. The van der Waals surface area contributed by atoms with Gasteiger partial charge in [0.1, 0.15) is 5.82 Å². The molecule has 112 valence electrons. The van der Waals surface area contributed by atoms with Gasteiger partial charge in [-0.3, -0.25) is 0 Å². The standard InChI is InChI=1S/C12H16FN3O2S.HI/c1-3-6-15-12(14)16-8-9-7-10(19(2,17)18)4-5-11(9)13;/h3-5,7H,1,6,8H2,2H3,(H3,14,15,16);1H. The summed E-state index contributed by atoms with van der Waals surface area (Å²) < 4.78 is 36.3. The van der Waals surface area contributed by atoms with Crippen molar-refractivity contribution < 1.29 is 12.8 Å². The van der Waals surface area contributed by atoms with Crippen molar-refractivity contribution in [3.8, 4) is 0 Å². The Bertz CT molecular complexity index is 603. The highest BCUT2D eigenvalue weighted by molar-refractivity contribution is 14.0. The van der Waals surface area contributed by atoms with E-state index in [1.165, 1.54) is 12.1 Å². The summed E-state index contributed by atoms with van der Waals surface area (Å²) in [6.45, 7) is 3.91. The minimum Gasteiger partial charge on any atom is -0.370 e. The van der Waals surface area contributed by atoms with E-state index in [1.54, 1.807) is 6.08 Å². The molecule has 0 aromatic heterocycles. The fourth-order valence-corrected chi connectivity index (χ4v) is 1.98. The smallest absolute Gasteiger partial charge is 0.189 e. The third kappa shape index (κ3) is 5.87. The number of nitrogens with one attached hydrogen (secondary N) is 1. The van der Waals surface area contributed by atoms with Crippen LogP contribution in [-0.4, -0.2) is 27.2 Å². The highest BCUT2D eigenvalue weighted by Gasteiger charge is 2.10. The second-order valence-electron chi connectivity index (χ2n) is 3.90. The fraction of sp³-hybridized carbons (Fsp3) is 0.250. The van der Waals surface area contributed by atoms with Crippen LogP contribution in [0.5, 0.6) is 0 Å². The lowest BCUT2D eigenvalue weighted by molar-refractivity contribution is 0.597. The van der Waals surface area contributed by atoms with Gasteiger partial charge in [-0.15, -0.1) is 30.6 Å². The van der Waals surface area contributed by atoms with E-state index in [0.29, 0.717) is 6.54 Å². The molecule has 0 amide bonds. The number of aliphatic imine (C=N–C) groups is 1. The molecule has 1 aromatic carbocycles. The van der Waals surface area contributed by atoms with Gasteiger partial charge in [0.25, 0.3) is 0 Å². The quantitative estimate of drug-likeness (QED) is 0.252. The predicted octanol–water partition coefficient (Wildman–Crippen LogP) is 1.44. The number of benzene rings is 1. The third-order valence-corrected chi connectivity index (χ3v) is 3.40. The summed E-state index contributed by atoms with van der Waals surface area (Å²) >= 11 is 0. The second kappa shape index (κ2) is 8.20. The maximum absolute atomic E-state index is 13.5. The van der Waals surface area contributed by atoms with Gasteiger partial charge < -0.3 is 11.1 Å². The summed E-state index contributed by atoms with van der Waals surface area (Å²) in [5.41, 5.74) is 5.70. The Kier molecular flexibility index (Phi) is 7.72. The van der Waals surface area contributed by atoms with Crippen LogP contribution in [0.1, 0.15) is 5.56 Å². The number of nitrogens with zero attached hydrogens (tertiary/aromatic N) is 1. The minimum atomic E-state index is -3.37. The SMILES string of the molecule is C=CCNC(N)=NCc1cc(S(C)(=O)=O)ccc1F.I. The van der Waals surface area contributed by atoms with Crippen molar-refractivity contribution in [2.75, 3.05) is 12.8 Å². The van der Waals surface area contributed by atoms with Crippen molar-refractivity contribution in [2.24, 2.45) is 10.7 Å². The van der Waals surface area contributed by atoms with Crippen LogP contribution in [0.15, 0.2) is 40.7 Å². The summed E-state index contributed by atoms with van der Waals surface area (Å²) in [4.78, 5) is 3.97. The van der Waals surface area contributed by atoms with E-state index in [1.807, 2.05) is 0 Å². The Labute approximate surface area is 135 Å². The van der Waals surface area contributed by atoms with Crippen LogP contribution in [0.3, 0.4) is 0 Å². The molecule has 20 heavy (non-hydrogen) atoms. The molecule has 1 aromatic rings. The van der Waals surface area contributed by atoms with Gasteiger partial charge in [0.15, 0.2) is 15.8 Å². The molecule has 8 heteroatoms. The molecule has 0 aliphatic heterocycles. The zero-order chi connectivity index (χ0) is 14.5. The molecule has 0 saturated carbocycles. The minimum absolute atomic E-state index is 0. The Morgan fingerprint density at radius 2 is 2.20 bits per heavy atom. The Hall–Kier alpha value is -1.16. The first kappa shape index (κ1) is 18.8. The van der Waals surface area contributed by atoms with Gasteiger partial charge in [-0.2, -0.15) is 0 Å². The molecule has 1 rings (SSSR count). The van der Waals surface area contributed by atoms with Crippen molar-refractivity contribution in [3.05, 3.63) is 42.2 Å². The van der Waals surface area contributed by atoms with E-state index in [4.69, 9.17) is 5.73 Å². The normalized spacial score (nSPS) is 11.6. The molecular formula is C12H17FIN3O2S. The molecule has 0 spiro atoms. The molecule has 0 bridgehead atoms. The molecule has 0 heterocycles. The van der Waals surface area contributed by atoms with Crippen molar-refractivity contribution in [1.82, 2.24) is 5.32 Å². The molecule has 0 saturated heterocycles. The van der Waals surface area contributed by atoms with E-state index in [9.17, 15) is 12.8 Å². The number of halogens is 2. The molecule has 0 atom stereocenters. The maximum atomic E-state index is 13.5. The molecule has 0 fully saturated rings. The van der Waals surface area contributed by atoms with Gasteiger partial charge in [0, 0.05) is 18.4 Å². The Morgan fingerprint density at radius 3 is 2.75 bits per heavy atom. The topological polar surface area (TPSA) is 84.5 Å². The zero-order valence-electron chi connectivity index (χ0n) is 11.0. The van der Waals surface area contributed by atoms with E-state index in [2.05, 4.69) is 16.9 Å². The van der Waals surface area contributed by atoms with Crippen LogP contribution in [0, 0.1) is 5.82 Å². The summed E-state index contributed by atoms with van der Waals surface area (Å²) in [5, 5.41) is 2.74. The van der Waals surface area contributed by atoms with E-state index >= 15 is 0 Å². The fourth-order valence-electron chi connectivity index (χ4n) is 1.31. The van der Waals surface area contributed by atoms with Crippen LogP contribution in [0.4, 0.5) is 4.39 Å². The first-order chi connectivity index (χ1) is 8.84. The summed E-state index contributed by atoms with van der Waals surface area (Å²) in [6, 6.07) is 3.58. The molecule has 0 aliphatic rings. The maximum Gasteiger partial charge on any atom is 0.189 e. The van der Waals surface area contributed by atoms with Gasteiger partial charge in [0.2, 0.25) is 0 Å². The number of guanidine groups is 1. The van der Waals surface area contributed by atoms with Crippen LogP contribution in [0.2, 0.25) is 0 Å². The van der Waals surface area contributed by atoms with Gasteiger partial charge >= 0.3 is 0 Å². The first-order valence-corrected chi connectivity index (χ1v) is 7.37. The first-order valence-electron chi connectivity index (χ1n) is 5.47. The highest BCUT2D eigenvalue weighted by atomic mass is 127. The number of rotatable bonds is 5. The third-order valence-electron chi connectivity index (χ3n) is 2.29. The van der Waals surface area contributed by atoms with Crippen LogP contribution >= 0.6 is 24.0 Å². The van der Waals surface area contributed by atoms with Gasteiger partial charge in [-0.25, -0.2) is 17.8 Å². The van der Waals surface area contributed by atoms with Crippen LogP contribution in [-0.2, 0) is 16.4 Å². The summed E-state index contributed by atoms with van der Waals surface area (Å²) in [7, 11) is -3.37. The number of sulfone groups is 1. The van der Waals surface area contributed by atoms with Crippen LogP contribution < -0.4 is 11.1 Å². The lowest BCUT2D eigenvalue weighted by atomic mass is 10.2. The van der Waals surface area contributed by atoms with E-state index < -0.39 is 15.7 Å². The lowest BCUT2D eigenvalue weighted by Crippen LogP contribution is -2.31. The van der Waals surface area contributed by atoms with Gasteiger partial charge in [-0.05, 0) is 18.2 Å². The molecule has 3 N–H and O–H groups in total. The summed E-state index contributed by atoms with van der Waals surface area (Å²) in [5.74, 6) is -0.378. The van der Waals surface area contributed by atoms with Gasteiger partial charge in [0.05, 0.1) is 11.4 Å². The highest BCUT2D eigenvalue weighted by Crippen LogP contribution is 2.15. The van der Waals surface area contributed by atoms with Crippen molar-refractivity contribution in [1.29, 1.82) is 0 Å². The van der Waals surface area contributed by atoms with Crippen molar-refractivity contribution in [3.63, 3.8) is 0 Å². The van der Waals surface area contributed by atoms with Gasteiger partial charge in [-0.1, -0.05) is 6.08 Å². The molecule has 0 unspecified atom stereocenters. The predicted molar refractivity (Wildman–Crippen MR) is 88.5 cm³/mol. The average molecular weight is 413 g/mol. The largest absolute Gasteiger partial charge is 0.370 e. The van der Waals surface area contributed by atoms with Crippen LogP contribution in [0.25, 0.3) is 0 Å². The molecule has 0 radical (unpaired) electrons. The number of hydrogen-bond donors (Lipinski definition) is 2. The van der Waals surface area contributed by atoms with E-state index in [-0.39, 0.29) is 46.9 Å². The Balaban J connectivity index is 0.00000361. The Morgan fingerprint density at radius 1 is 1.55 bits per heavy atom.